The summed E-state index contributed by atoms with van der Waals surface area (Å²) in [5.41, 5.74) is 2.99. The van der Waals surface area contributed by atoms with E-state index in [0.717, 1.165) is 34.0 Å². The second-order valence-corrected chi connectivity index (χ2v) is 5.25. The zero-order valence-corrected chi connectivity index (χ0v) is 11.5. The van der Waals surface area contributed by atoms with Gasteiger partial charge in [-0.1, -0.05) is 30.3 Å². The van der Waals surface area contributed by atoms with Gasteiger partial charge in [0.1, 0.15) is 0 Å². The molecule has 102 valence electrons. The molecule has 1 aliphatic heterocycles. The third-order valence-corrected chi connectivity index (χ3v) is 4.00. The van der Waals surface area contributed by atoms with E-state index in [0.29, 0.717) is 6.54 Å². The first kappa shape index (κ1) is 12.1. The Hall–Kier alpha value is -2.68. The van der Waals surface area contributed by atoms with Crippen LogP contribution in [0.25, 0.3) is 10.8 Å². The van der Waals surface area contributed by atoms with Crippen molar-refractivity contribution in [3.63, 3.8) is 0 Å². The van der Waals surface area contributed by atoms with Gasteiger partial charge in [0.2, 0.25) is 0 Å². The summed E-state index contributed by atoms with van der Waals surface area (Å²) in [6, 6.07) is 16.0. The molecule has 0 radical (unpaired) electrons. The quantitative estimate of drug-likeness (QED) is 0.733. The highest BCUT2D eigenvalue weighted by Crippen LogP contribution is 2.37. The molecule has 0 fully saturated rings. The molecule has 4 rings (SSSR count). The van der Waals surface area contributed by atoms with Crippen LogP contribution in [0.4, 0.5) is 5.69 Å². The van der Waals surface area contributed by atoms with Crippen molar-refractivity contribution < 1.29 is 4.79 Å². The molecule has 21 heavy (non-hydrogen) atoms. The summed E-state index contributed by atoms with van der Waals surface area (Å²) in [6.45, 7) is 0.679. The number of amides is 1. The van der Waals surface area contributed by atoms with Gasteiger partial charge in [-0.25, -0.2) is 0 Å². The van der Waals surface area contributed by atoms with Crippen LogP contribution in [-0.4, -0.2) is 17.4 Å². The summed E-state index contributed by atoms with van der Waals surface area (Å²) >= 11 is 0. The van der Waals surface area contributed by atoms with Gasteiger partial charge in [0.15, 0.2) is 0 Å². The molecule has 3 aromatic rings. The molecule has 1 aromatic heterocycles. The number of carbonyl (C=O) groups excluding carboxylic acids is 1. The lowest BCUT2D eigenvalue weighted by molar-refractivity contribution is 0.0993. The first-order chi connectivity index (χ1) is 10.3. The third-order valence-electron chi connectivity index (χ3n) is 4.00. The van der Waals surface area contributed by atoms with E-state index in [4.69, 9.17) is 0 Å². The highest BCUT2D eigenvalue weighted by Gasteiger charge is 2.28. The van der Waals surface area contributed by atoms with Gasteiger partial charge in [0.05, 0.1) is 5.69 Å². The second kappa shape index (κ2) is 4.70. The van der Waals surface area contributed by atoms with Crippen LogP contribution in [0.1, 0.15) is 15.9 Å². The molecule has 0 unspecified atom stereocenters. The maximum Gasteiger partial charge on any atom is 0.259 e. The topological polar surface area (TPSA) is 33.2 Å². The normalized spacial score (nSPS) is 13.1. The number of nitrogens with zero attached hydrogens (tertiary/aromatic N) is 2. The van der Waals surface area contributed by atoms with Crippen LogP contribution in [0.5, 0.6) is 0 Å². The van der Waals surface area contributed by atoms with E-state index in [1.807, 2.05) is 47.5 Å². The van der Waals surface area contributed by atoms with Gasteiger partial charge in [0.25, 0.3) is 5.91 Å². The molecular formula is C18H14N2O. The summed E-state index contributed by atoms with van der Waals surface area (Å²) in [5.74, 6) is 0.102. The van der Waals surface area contributed by atoms with Crippen molar-refractivity contribution in [1.29, 1.82) is 0 Å². The van der Waals surface area contributed by atoms with Gasteiger partial charge in [-0.15, -0.1) is 0 Å². The average molecular weight is 274 g/mol. The van der Waals surface area contributed by atoms with Gasteiger partial charge >= 0.3 is 0 Å². The van der Waals surface area contributed by atoms with Gasteiger partial charge < -0.3 is 4.90 Å². The minimum absolute atomic E-state index is 0.102. The van der Waals surface area contributed by atoms with Gasteiger partial charge in [0, 0.05) is 29.9 Å². The lowest BCUT2D eigenvalue weighted by Crippen LogP contribution is -2.29. The average Bonchev–Trinajstić information content (AvgIpc) is 2.81. The van der Waals surface area contributed by atoms with E-state index in [-0.39, 0.29) is 5.91 Å². The SMILES string of the molecule is O=C1c2cccc3cccc(c23)N1CCc1cccnc1. The monoisotopic (exact) mass is 274 g/mol. The molecule has 1 amide bonds. The van der Waals surface area contributed by atoms with Crippen molar-refractivity contribution in [3.8, 4) is 0 Å². The molecule has 2 aromatic carbocycles. The highest BCUT2D eigenvalue weighted by molar-refractivity contribution is 6.24. The first-order valence-electron chi connectivity index (χ1n) is 7.07. The molecule has 0 spiro atoms. The van der Waals surface area contributed by atoms with Crippen LogP contribution in [0.2, 0.25) is 0 Å². The van der Waals surface area contributed by atoms with Crippen molar-refractivity contribution in [2.45, 2.75) is 6.42 Å². The molecule has 0 atom stereocenters. The minimum atomic E-state index is 0.102. The van der Waals surface area contributed by atoms with E-state index in [2.05, 4.69) is 17.1 Å². The summed E-state index contributed by atoms with van der Waals surface area (Å²) in [5, 5.41) is 2.21. The van der Waals surface area contributed by atoms with Crippen LogP contribution in [-0.2, 0) is 6.42 Å². The fourth-order valence-corrected chi connectivity index (χ4v) is 2.99. The Morgan fingerprint density at radius 1 is 1.00 bits per heavy atom. The van der Waals surface area contributed by atoms with Gasteiger partial charge in [-0.05, 0) is 35.6 Å². The Kier molecular flexibility index (Phi) is 2.71. The fourth-order valence-electron chi connectivity index (χ4n) is 2.99. The number of hydrogen-bond acceptors (Lipinski definition) is 2. The van der Waals surface area contributed by atoms with E-state index in [1.54, 1.807) is 6.20 Å². The Labute approximate surface area is 122 Å². The molecular weight excluding hydrogens is 260 g/mol. The summed E-state index contributed by atoms with van der Waals surface area (Å²) in [7, 11) is 0. The zero-order valence-electron chi connectivity index (χ0n) is 11.5. The number of rotatable bonds is 3. The van der Waals surface area contributed by atoms with Crippen molar-refractivity contribution in [2.75, 3.05) is 11.4 Å². The smallest absolute Gasteiger partial charge is 0.259 e. The highest BCUT2D eigenvalue weighted by atomic mass is 16.2. The number of pyridine rings is 1. The van der Waals surface area contributed by atoms with Gasteiger partial charge in [-0.2, -0.15) is 0 Å². The molecule has 3 heteroatoms. The van der Waals surface area contributed by atoms with Crippen molar-refractivity contribution in [3.05, 3.63) is 72.1 Å². The van der Waals surface area contributed by atoms with Crippen LogP contribution in [0.15, 0.2) is 60.9 Å². The summed E-state index contributed by atoms with van der Waals surface area (Å²) < 4.78 is 0. The Bertz CT molecular complexity index is 822. The minimum Gasteiger partial charge on any atom is -0.307 e. The summed E-state index contributed by atoms with van der Waals surface area (Å²) in [4.78, 5) is 18.6. The predicted molar refractivity (Wildman–Crippen MR) is 83.6 cm³/mol. The molecule has 0 saturated carbocycles. The first-order valence-corrected chi connectivity index (χ1v) is 7.07. The largest absolute Gasteiger partial charge is 0.307 e. The Morgan fingerprint density at radius 2 is 1.86 bits per heavy atom. The molecule has 1 aliphatic rings. The Morgan fingerprint density at radius 3 is 2.67 bits per heavy atom. The number of benzene rings is 2. The molecule has 2 heterocycles. The number of hydrogen-bond donors (Lipinski definition) is 0. The van der Waals surface area contributed by atoms with Crippen molar-refractivity contribution in [2.24, 2.45) is 0 Å². The number of aromatic nitrogens is 1. The number of carbonyl (C=O) groups is 1. The van der Waals surface area contributed by atoms with E-state index >= 15 is 0 Å². The summed E-state index contributed by atoms with van der Waals surface area (Å²) in [6.07, 6.45) is 4.43. The van der Waals surface area contributed by atoms with Crippen molar-refractivity contribution >= 4 is 22.4 Å². The Balaban J connectivity index is 1.70. The number of anilines is 1. The van der Waals surface area contributed by atoms with E-state index in [1.165, 1.54) is 0 Å². The van der Waals surface area contributed by atoms with Crippen molar-refractivity contribution in [1.82, 2.24) is 4.98 Å². The molecule has 0 aliphatic carbocycles. The fraction of sp³-hybridized carbons (Fsp3) is 0.111. The maximum atomic E-state index is 12.6. The molecule has 0 bridgehead atoms. The third kappa shape index (κ3) is 1.89. The lowest BCUT2D eigenvalue weighted by Gasteiger charge is -2.17. The molecule has 3 nitrogen and oxygen atoms in total. The van der Waals surface area contributed by atoms with Crippen LogP contribution < -0.4 is 4.90 Å². The van der Waals surface area contributed by atoms with Crippen LogP contribution in [0.3, 0.4) is 0 Å². The van der Waals surface area contributed by atoms with Crippen LogP contribution in [0, 0.1) is 0 Å². The standard InChI is InChI=1S/C18H14N2O/c21-18-15-7-1-5-14-6-2-8-16(17(14)15)20(18)11-9-13-4-3-10-19-12-13/h1-8,10,12H,9,11H2. The lowest BCUT2D eigenvalue weighted by atomic mass is 10.1. The van der Waals surface area contributed by atoms with E-state index in [9.17, 15) is 4.79 Å². The van der Waals surface area contributed by atoms with Gasteiger partial charge in [-0.3, -0.25) is 9.78 Å². The van der Waals surface area contributed by atoms with Crippen LogP contribution >= 0.6 is 0 Å². The van der Waals surface area contributed by atoms with E-state index < -0.39 is 0 Å². The maximum absolute atomic E-state index is 12.6. The predicted octanol–water partition coefficient (Wildman–Crippen LogP) is 3.44. The second-order valence-electron chi connectivity index (χ2n) is 5.25. The molecule has 0 saturated heterocycles. The zero-order chi connectivity index (χ0) is 14.2. The molecule has 0 N–H and O–H groups in total.